The number of aromatic nitrogens is 3. The minimum Gasteiger partial charge on any atom is -0.447 e. The molecule has 1 fully saturated rings. The van der Waals surface area contributed by atoms with Crippen molar-refractivity contribution in [3.8, 4) is 0 Å². The molecule has 8 heteroatoms. The van der Waals surface area contributed by atoms with Crippen molar-refractivity contribution in [2.75, 3.05) is 11.5 Å². The summed E-state index contributed by atoms with van der Waals surface area (Å²) >= 11 is 9.46. The van der Waals surface area contributed by atoms with Crippen molar-refractivity contribution in [2.24, 2.45) is 0 Å². The van der Waals surface area contributed by atoms with Crippen molar-refractivity contribution in [1.29, 1.82) is 0 Å². The van der Waals surface area contributed by atoms with Crippen LogP contribution in [0.4, 0.5) is 10.6 Å². The summed E-state index contributed by atoms with van der Waals surface area (Å²) < 4.78 is 7.60. The number of halogens is 2. The van der Waals surface area contributed by atoms with Crippen LogP contribution in [0.5, 0.6) is 0 Å². The first kappa shape index (κ1) is 14.5. The Morgan fingerprint density at radius 2 is 2.22 bits per heavy atom. The highest BCUT2D eigenvalue weighted by Gasteiger charge is 2.36. The van der Waals surface area contributed by atoms with Crippen molar-refractivity contribution >= 4 is 45.1 Å². The lowest BCUT2D eigenvalue weighted by Crippen LogP contribution is -2.28. The third kappa shape index (κ3) is 2.46. The number of cyclic esters (lactones) is 1. The first-order valence-corrected chi connectivity index (χ1v) is 8.02. The molecule has 0 radical (unpaired) electrons. The molecular formula is C15H10BrClN4O2. The van der Waals surface area contributed by atoms with E-state index in [1.807, 2.05) is 18.2 Å². The average molecular weight is 394 g/mol. The van der Waals surface area contributed by atoms with E-state index in [2.05, 4.69) is 26.0 Å². The van der Waals surface area contributed by atoms with Crippen LogP contribution in [-0.2, 0) is 4.74 Å². The summed E-state index contributed by atoms with van der Waals surface area (Å²) in [6.45, 7) is 0.256. The molecule has 0 bridgehead atoms. The van der Waals surface area contributed by atoms with Crippen LogP contribution < -0.4 is 4.90 Å². The van der Waals surface area contributed by atoms with Gasteiger partial charge < -0.3 is 4.74 Å². The second-order valence-electron chi connectivity index (χ2n) is 5.06. The molecule has 4 rings (SSSR count). The van der Waals surface area contributed by atoms with Crippen LogP contribution in [0.3, 0.4) is 0 Å². The van der Waals surface area contributed by atoms with Crippen molar-refractivity contribution < 1.29 is 9.53 Å². The number of nitrogens with zero attached hydrogens (tertiary/aromatic N) is 4. The van der Waals surface area contributed by atoms with Gasteiger partial charge in [-0.1, -0.05) is 23.7 Å². The van der Waals surface area contributed by atoms with Gasteiger partial charge in [-0.15, -0.1) is 0 Å². The van der Waals surface area contributed by atoms with Crippen molar-refractivity contribution in [3.63, 3.8) is 0 Å². The first-order chi connectivity index (χ1) is 11.1. The molecule has 3 aromatic rings. The highest BCUT2D eigenvalue weighted by Crippen LogP contribution is 2.33. The Labute approximate surface area is 144 Å². The maximum Gasteiger partial charge on any atom is 0.416 e. The minimum atomic E-state index is -0.428. The lowest BCUT2D eigenvalue weighted by molar-refractivity contribution is 0.179. The molecule has 1 unspecified atom stereocenters. The van der Waals surface area contributed by atoms with E-state index in [-0.39, 0.29) is 12.6 Å². The van der Waals surface area contributed by atoms with Crippen LogP contribution in [0.15, 0.2) is 47.2 Å². The fraction of sp³-hybridized carbons (Fsp3) is 0.133. The van der Waals surface area contributed by atoms with Gasteiger partial charge in [0.25, 0.3) is 0 Å². The van der Waals surface area contributed by atoms with E-state index >= 15 is 0 Å². The number of hydrogen-bond acceptors (Lipinski definition) is 4. The van der Waals surface area contributed by atoms with Gasteiger partial charge >= 0.3 is 6.09 Å². The van der Waals surface area contributed by atoms with Crippen LogP contribution in [0, 0.1) is 0 Å². The number of fused-ring (bicyclic) bond motifs is 1. The maximum absolute atomic E-state index is 12.2. The SMILES string of the molecule is O=C1OCC(c2cccc(Cl)c2)N1c1ccn2ncc(Br)c2n1. The first-order valence-electron chi connectivity index (χ1n) is 6.85. The maximum atomic E-state index is 12.2. The number of anilines is 1. The molecule has 116 valence electrons. The predicted octanol–water partition coefficient (Wildman–Crippen LogP) is 3.84. The smallest absolute Gasteiger partial charge is 0.416 e. The molecule has 6 nitrogen and oxygen atoms in total. The minimum absolute atomic E-state index is 0.256. The lowest BCUT2D eigenvalue weighted by atomic mass is 10.1. The number of hydrogen-bond donors (Lipinski definition) is 0. The molecule has 0 saturated carbocycles. The number of amides is 1. The zero-order valence-electron chi connectivity index (χ0n) is 11.7. The van der Waals surface area contributed by atoms with E-state index in [4.69, 9.17) is 16.3 Å². The van der Waals surface area contributed by atoms with Gasteiger partial charge in [0.2, 0.25) is 0 Å². The summed E-state index contributed by atoms with van der Waals surface area (Å²) in [5.41, 5.74) is 1.53. The number of ether oxygens (including phenoxy) is 1. The molecule has 1 saturated heterocycles. The summed E-state index contributed by atoms with van der Waals surface area (Å²) in [5.74, 6) is 0.506. The second kappa shape index (κ2) is 5.50. The summed E-state index contributed by atoms with van der Waals surface area (Å²) in [5, 5.41) is 4.76. The summed E-state index contributed by atoms with van der Waals surface area (Å²) in [6.07, 6.45) is 2.98. The molecule has 0 N–H and O–H groups in total. The van der Waals surface area contributed by atoms with Gasteiger partial charge in [0, 0.05) is 11.2 Å². The summed E-state index contributed by atoms with van der Waals surface area (Å²) in [6, 6.07) is 8.85. The second-order valence-corrected chi connectivity index (χ2v) is 6.35. The van der Waals surface area contributed by atoms with E-state index in [0.717, 1.165) is 10.0 Å². The molecule has 1 aromatic carbocycles. The zero-order chi connectivity index (χ0) is 16.0. The van der Waals surface area contributed by atoms with Crippen molar-refractivity contribution in [3.05, 3.63) is 57.8 Å². The average Bonchev–Trinajstić information content (AvgIpc) is 3.11. The normalized spacial score (nSPS) is 17.7. The van der Waals surface area contributed by atoms with E-state index in [1.54, 1.807) is 29.0 Å². The summed E-state index contributed by atoms with van der Waals surface area (Å²) in [7, 11) is 0. The molecule has 0 aliphatic carbocycles. The highest BCUT2D eigenvalue weighted by atomic mass is 79.9. The van der Waals surface area contributed by atoms with Gasteiger partial charge in [-0.2, -0.15) is 5.10 Å². The number of benzene rings is 1. The van der Waals surface area contributed by atoms with E-state index in [1.165, 1.54) is 4.90 Å². The highest BCUT2D eigenvalue weighted by molar-refractivity contribution is 9.10. The van der Waals surface area contributed by atoms with Crippen LogP contribution in [0.2, 0.25) is 5.02 Å². The predicted molar refractivity (Wildman–Crippen MR) is 88.7 cm³/mol. The van der Waals surface area contributed by atoms with Gasteiger partial charge in [0.15, 0.2) is 5.65 Å². The number of carbonyl (C=O) groups is 1. The number of rotatable bonds is 2. The molecule has 1 amide bonds. The van der Waals surface area contributed by atoms with Gasteiger partial charge in [0.05, 0.1) is 10.7 Å². The number of carbonyl (C=O) groups excluding carboxylic acids is 1. The molecule has 3 heterocycles. The Morgan fingerprint density at radius 1 is 1.35 bits per heavy atom. The molecular weight excluding hydrogens is 384 g/mol. The van der Waals surface area contributed by atoms with Gasteiger partial charge in [-0.05, 0) is 39.7 Å². The fourth-order valence-corrected chi connectivity index (χ4v) is 3.16. The molecule has 2 aromatic heterocycles. The molecule has 1 aliphatic heterocycles. The van der Waals surface area contributed by atoms with E-state index in [9.17, 15) is 4.79 Å². The third-order valence-electron chi connectivity index (χ3n) is 3.66. The molecule has 23 heavy (non-hydrogen) atoms. The Morgan fingerprint density at radius 3 is 3.04 bits per heavy atom. The van der Waals surface area contributed by atoms with Crippen molar-refractivity contribution in [2.45, 2.75) is 6.04 Å². The molecule has 1 atom stereocenters. The Balaban J connectivity index is 1.79. The van der Waals surface area contributed by atoms with Gasteiger partial charge in [-0.3, -0.25) is 4.90 Å². The van der Waals surface area contributed by atoms with Crippen LogP contribution in [0.1, 0.15) is 11.6 Å². The van der Waals surface area contributed by atoms with Gasteiger partial charge in [-0.25, -0.2) is 14.3 Å². The standard InChI is InChI=1S/C15H10BrClN4O2/c16-11-7-18-20-5-4-13(19-14(11)20)21-12(8-23-15(21)22)9-2-1-3-10(17)6-9/h1-7,12H,8H2. The topological polar surface area (TPSA) is 59.7 Å². The fourth-order valence-electron chi connectivity index (χ4n) is 2.60. The van der Waals surface area contributed by atoms with Crippen molar-refractivity contribution in [1.82, 2.24) is 14.6 Å². The molecule has 0 spiro atoms. The van der Waals surface area contributed by atoms with Crippen LogP contribution in [-0.4, -0.2) is 27.3 Å². The van der Waals surface area contributed by atoms with Gasteiger partial charge in [0.1, 0.15) is 18.5 Å². The largest absolute Gasteiger partial charge is 0.447 e. The summed E-state index contributed by atoms with van der Waals surface area (Å²) in [4.78, 5) is 18.2. The Kier molecular flexibility index (Phi) is 3.46. The quantitative estimate of drug-likeness (QED) is 0.664. The lowest BCUT2D eigenvalue weighted by Gasteiger charge is -2.21. The zero-order valence-corrected chi connectivity index (χ0v) is 14.0. The Hall–Kier alpha value is -2.12. The van der Waals surface area contributed by atoms with Crippen LogP contribution >= 0.6 is 27.5 Å². The molecule has 1 aliphatic rings. The van der Waals surface area contributed by atoms with E-state index in [0.29, 0.717) is 16.5 Å². The van der Waals surface area contributed by atoms with E-state index < -0.39 is 6.09 Å². The Bertz CT molecular complexity index is 913. The monoisotopic (exact) mass is 392 g/mol. The third-order valence-corrected chi connectivity index (χ3v) is 4.46. The van der Waals surface area contributed by atoms with Crippen LogP contribution in [0.25, 0.3) is 5.65 Å².